The van der Waals surface area contributed by atoms with Crippen molar-refractivity contribution in [3.8, 4) is 5.75 Å². The molecule has 0 unspecified atom stereocenters. The number of anilines is 1. The Hall–Kier alpha value is -2.27. The molecule has 0 amide bonds. The molecule has 0 aliphatic heterocycles. The molecule has 21 heavy (non-hydrogen) atoms. The summed E-state index contributed by atoms with van der Waals surface area (Å²) in [6.07, 6.45) is 0. The van der Waals surface area contributed by atoms with Crippen molar-refractivity contribution in [3.63, 3.8) is 0 Å². The Bertz CT molecular complexity index is 647. The number of benzene rings is 2. The Morgan fingerprint density at radius 3 is 2.81 bits per heavy atom. The molecule has 0 saturated heterocycles. The van der Waals surface area contributed by atoms with Crippen LogP contribution in [0, 0.1) is 10.1 Å². The molecule has 0 aromatic heterocycles. The van der Waals surface area contributed by atoms with Gasteiger partial charge in [0.15, 0.2) is 0 Å². The van der Waals surface area contributed by atoms with E-state index in [4.69, 9.17) is 16.3 Å². The number of hydrogen-bond donors (Lipinski definition) is 1. The smallest absolute Gasteiger partial charge is 0.293 e. The molecular weight excluding hydrogens is 292 g/mol. The van der Waals surface area contributed by atoms with E-state index in [-0.39, 0.29) is 5.69 Å². The van der Waals surface area contributed by atoms with Crippen molar-refractivity contribution in [1.82, 2.24) is 0 Å². The lowest BCUT2D eigenvalue weighted by Crippen LogP contribution is -2.03. The molecule has 0 aliphatic carbocycles. The number of ether oxygens (including phenoxy) is 1. The SMILES string of the molecule is CCOc1cccc(CNc2ccc(Cl)cc2[N+](=O)[O-])c1. The molecule has 0 heterocycles. The first-order valence-corrected chi connectivity index (χ1v) is 6.87. The maximum atomic E-state index is 11.0. The fraction of sp³-hybridized carbons (Fsp3) is 0.200. The van der Waals surface area contributed by atoms with E-state index in [1.165, 1.54) is 6.07 Å². The quantitative estimate of drug-likeness (QED) is 0.640. The van der Waals surface area contributed by atoms with Crippen molar-refractivity contribution in [1.29, 1.82) is 0 Å². The van der Waals surface area contributed by atoms with E-state index in [0.717, 1.165) is 11.3 Å². The molecular formula is C15H15ClN2O3. The molecule has 0 bridgehead atoms. The highest BCUT2D eigenvalue weighted by Crippen LogP contribution is 2.28. The third-order valence-electron chi connectivity index (χ3n) is 2.85. The van der Waals surface area contributed by atoms with Crippen LogP contribution >= 0.6 is 11.6 Å². The molecule has 0 spiro atoms. The van der Waals surface area contributed by atoms with Gasteiger partial charge in [0, 0.05) is 17.6 Å². The topological polar surface area (TPSA) is 64.4 Å². The summed E-state index contributed by atoms with van der Waals surface area (Å²) in [6, 6.07) is 12.1. The van der Waals surface area contributed by atoms with Crippen molar-refractivity contribution in [2.45, 2.75) is 13.5 Å². The zero-order valence-electron chi connectivity index (χ0n) is 11.5. The zero-order chi connectivity index (χ0) is 15.2. The van der Waals surface area contributed by atoms with Gasteiger partial charge in [0.1, 0.15) is 11.4 Å². The zero-order valence-corrected chi connectivity index (χ0v) is 12.3. The highest BCUT2D eigenvalue weighted by atomic mass is 35.5. The number of nitro benzene ring substituents is 1. The lowest BCUT2D eigenvalue weighted by atomic mass is 10.2. The van der Waals surface area contributed by atoms with Gasteiger partial charge in [-0.25, -0.2) is 0 Å². The van der Waals surface area contributed by atoms with Crippen molar-refractivity contribution >= 4 is 23.0 Å². The van der Waals surface area contributed by atoms with Gasteiger partial charge in [-0.3, -0.25) is 10.1 Å². The van der Waals surface area contributed by atoms with Gasteiger partial charge in [-0.15, -0.1) is 0 Å². The summed E-state index contributed by atoms with van der Waals surface area (Å²) in [5, 5.41) is 14.4. The predicted octanol–water partition coefficient (Wildman–Crippen LogP) is 4.26. The van der Waals surface area contributed by atoms with Crippen LogP contribution in [0.1, 0.15) is 12.5 Å². The van der Waals surface area contributed by atoms with Crippen LogP contribution in [0.5, 0.6) is 5.75 Å². The van der Waals surface area contributed by atoms with Gasteiger partial charge < -0.3 is 10.1 Å². The van der Waals surface area contributed by atoms with Crippen LogP contribution in [0.3, 0.4) is 0 Å². The lowest BCUT2D eigenvalue weighted by molar-refractivity contribution is -0.383. The monoisotopic (exact) mass is 306 g/mol. The van der Waals surface area contributed by atoms with Gasteiger partial charge in [-0.1, -0.05) is 23.7 Å². The summed E-state index contributed by atoms with van der Waals surface area (Å²) in [7, 11) is 0. The average Bonchev–Trinajstić information content (AvgIpc) is 2.46. The van der Waals surface area contributed by atoms with E-state index in [9.17, 15) is 10.1 Å². The van der Waals surface area contributed by atoms with E-state index in [0.29, 0.717) is 23.9 Å². The van der Waals surface area contributed by atoms with Crippen LogP contribution in [-0.4, -0.2) is 11.5 Å². The van der Waals surface area contributed by atoms with E-state index in [2.05, 4.69) is 5.32 Å². The maximum absolute atomic E-state index is 11.0. The average molecular weight is 307 g/mol. The number of nitrogens with one attached hydrogen (secondary N) is 1. The summed E-state index contributed by atoms with van der Waals surface area (Å²) in [5.74, 6) is 0.780. The molecule has 2 aromatic rings. The number of hydrogen-bond acceptors (Lipinski definition) is 4. The molecule has 1 N–H and O–H groups in total. The summed E-state index contributed by atoms with van der Waals surface area (Å²) in [4.78, 5) is 10.6. The second-order valence-corrected chi connectivity index (χ2v) is 4.79. The van der Waals surface area contributed by atoms with Crippen LogP contribution in [0.25, 0.3) is 0 Å². The number of halogens is 1. The molecule has 0 fully saturated rings. The highest BCUT2D eigenvalue weighted by Gasteiger charge is 2.13. The van der Waals surface area contributed by atoms with Crippen LogP contribution in [0.15, 0.2) is 42.5 Å². The Balaban J connectivity index is 2.13. The van der Waals surface area contributed by atoms with E-state index in [1.54, 1.807) is 12.1 Å². The first-order valence-electron chi connectivity index (χ1n) is 6.49. The third kappa shape index (κ3) is 4.10. The Morgan fingerprint density at radius 1 is 1.29 bits per heavy atom. The number of nitro groups is 1. The van der Waals surface area contributed by atoms with Crippen molar-refractivity contribution < 1.29 is 9.66 Å². The molecule has 110 valence electrons. The van der Waals surface area contributed by atoms with Crippen molar-refractivity contribution in [2.75, 3.05) is 11.9 Å². The van der Waals surface area contributed by atoms with E-state index in [1.807, 2.05) is 31.2 Å². The van der Waals surface area contributed by atoms with E-state index >= 15 is 0 Å². The fourth-order valence-electron chi connectivity index (χ4n) is 1.91. The second kappa shape index (κ2) is 6.95. The van der Waals surface area contributed by atoms with Gasteiger partial charge in [0.05, 0.1) is 11.5 Å². The minimum atomic E-state index is -0.454. The first-order chi connectivity index (χ1) is 10.1. The molecule has 0 atom stereocenters. The molecule has 0 saturated carbocycles. The van der Waals surface area contributed by atoms with Crippen LogP contribution in [0.2, 0.25) is 5.02 Å². The first kappa shape index (κ1) is 15.1. The minimum absolute atomic E-state index is 0.0385. The van der Waals surface area contributed by atoms with Gasteiger partial charge in [0.2, 0.25) is 0 Å². The molecule has 2 rings (SSSR count). The standard InChI is InChI=1S/C15H15ClN2O3/c1-2-21-13-5-3-4-11(8-13)10-17-14-7-6-12(16)9-15(14)18(19)20/h3-9,17H,2,10H2,1H3. The highest BCUT2D eigenvalue weighted by molar-refractivity contribution is 6.30. The van der Waals surface area contributed by atoms with Gasteiger partial charge >= 0.3 is 0 Å². The van der Waals surface area contributed by atoms with E-state index < -0.39 is 4.92 Å². The fourth-order valence-corrected chi connectivity index (χ4v) is 2.08. The van der Waals surface area contributed by atoms with Gasteiger partial charge in [-0.05, 0) is 36.8 Å². The van der Waals surface area contributed by atoms with Crippen LogP contribution in [-0.2, 0) is 6.54 Å². The van der Waals surface area contributed by atoms with Crippen molar-refractivity contribution in [3.05, 3.63) is 63.2 Å². The van der Waals surface area contributed by atoms with Crippen LogP contribution in [0.4, 0.5) is 11.4 Å². The number of rotatable bonds is 6. The molecule has 0 radical (unpaired) electrons. The maximum Gasteiger partial charge on any atom is 0.293 e. The minimum Gasteiger partial charge on any atom is -0.494 e. The van der Waals surface area contributed by atoms with Gasteiger partial charge in [0.25, 0.3) is 5.69 Å². The third-order valence-corrected chi connectivity index (χ3v) is 3.08. The molecule has 5 nitrogen and oxygen atoms in total. The second-order valence-electron chi connectivity index (χ2n) is 4.35. The van der Waals surface area contributed by atoms with Crippen molar-refractivity contribution in [2.24, 2.45) is 0 Å². The molecule has 6 heteroatoms. The largest absolute Gasteiger partial charge is 0.494 e. The van der Waals surface area contributed by atoms with Gasteiger partial charge in [-0.2, -0.15) is 0 Å². The summed E-state index contributed by atoms with van der Waals surface area (Å²) in [5.41, 5.74) is 1.37. The summed E-state index contributed by atoms with van der Waals surface area (Å²) >= 11 is 5.78. The molecule has 2 aromatic carbocycles. The summed E-state index contributed by atoms with van der Waals surface area (Å²) in [6.45, 7) is 2.98. The molecule has 0 aliphatic rings. The predicted molar refractivity (Wildman–Crippen MR) is 83.0 cm³/mol. The van der Waals surface area contributed by atoms with Crippen LogP contribution < -0.4 is 10.1 Å². The Morgan fingerprint density at radius 2 is 2.10 bits per heavy atom. The lowest BCUT2D eigenvalue weighted by Gasteiger charge is -2.09. The normalized spacial score (nSPS) is 10.2. The Labute approximate surface area is 127 Å². The Kier molecular flexibility index (Phi) is 5.00. The number of nitrogens with zero attached hydrogens (tertiary/aromatic N) is 1. The summed E-state index contributed by atoms with van der Waals surface area (Å²) < 4.78 is 5.42.